The number of carboxylic acid groups (broad SMARTS) is 1. The standard InChI is InChI=1S/C15H20N2O4/c1-8-10(16-13-14(2,3)15(13,4)5)6-9(12(18)19)7-11(8)17(20)21/h6-7,13,16H,1-5H3,(H,18,19). The van der Waals surface area contributed by atoms with Crippen LogP contribution in [-0.4, -0.2) is 22.0 Å². The number of anilines is 1. The van der Waals surface area contributed by atoms with Gasteiger partial charge in [-0.1, -0.05) is 27.7 Å². The highest BCUT2D eigenvalue weighted by atomic mass is 16.6. The summed E-state index contributed by atoms with van der Waals surface area (Å²) in [5.41, 5.74) is 0.828. The van der Waals surface area contributed by atoms with Gasteiger partial charge in [-0.25, -0.2) is 4.79 Å². The highest BCUT2D eigenvalue weighted by molar-refractivity contribution is 5.90. The van der Waals surface area contributed by atoms with E-state index in [2.05, 4.69) is 33.0 Å². The zero-order chi connectivity index (χ0) is 16.2. The van der Waals surface area contributed by atoms with Gasteiger partial charge in [-0.05, 0) is 23.8 Å². The quantitative estimate of drug-likeness (QED) is 0.655. The largest absolute Gasteiger partial charge is 0.478 e. The van der Waals surface area contributed by atoms with Crippen molar-refractivity contribution in [2.45, 2.75) is 40.7 Å². The fraction of sp³-hybridized carbons (Fsp3) is 0.533. The van der Waals surface area contributed by atoms with Crippen LogP contribution in [0.5, 0.6) is 0 Å². The lowest BCUT2D eigenvalue weighted by atomic mass is 10.0. The van der Waals surface area contributed by atoms with Gasteiger partial charge in [0.1, 0.15) is 0 Å². The fourth-order valence-corrected chi connectivity index (χ4v) is 2.87. The van der Waals surface area contributed by atoms with Crippen LogP contribution in [0.15, 0.2) is 12.1 Å². The summed E-state index contributed by atoms with van der Waals surface area (Å²) in [6.07, 6.45) is 0. The number of aromatic carboxylic acids is 1. The zero-order valence-electron chi connectivity index (χ0n) is 12.9. The van der Waals surface area contributed by atoms with E-state index in [4.69, 9.17) is 5.11 Å². The molecule has 0 saturated heterocycles. The number of hydrogen-bond donors (Lipinski definition) is 2. The van der Waals surface area contributed by atoms with E-state index in [0.717, 1.165) is 6.07 Å². The number of carbonyl (C=O) groups is 1. The SMILES string of the molecule is Cc1c(NC2C(C)(C)C2(C)C)cc(C(=O)O)cc1[N+](=O)[O-]. The molecular weight excluding hydrogens is 272 g/mol. The molecule has 2 rings (SSSR count). The van der Waals surface area contributed by atoms with Crippen LogP contribution >= 0.6 is 0 Å². The molecule has 0 unspecified atom stereocenters. The lowest BCUT2D eigenvalue weighted by Gasteiger charge is -2.12. The number of benzene rings is 1. The molecule has 2 N–H and O–H groups in total. The van der Waals surface area contributed by atoms with Crippen LogP contribution in [-0.2, 0) is 0 Å². The molecule has 1 aromatic carbocycles. The van der Waals surface area contributed by atoms with Gasteiger partial charge < -0.3 is 10.4 Å². The Morgan fingerprint density at radius 3 is 2.19 bits per heavy atom. The van der Waals surface area contributed by atoms with Crippen molar-refractivity contribution in [1.29, 1.82) is 0 Å². The molecule has 1 aromatic rings. The summed E-state index contributed by atoms with van der Waals surface area (Å²) in [6, 6.07) is 2.72. The molecule has 0 radical (unpaired) electrons. The molecule has 1 fully saturated rings. The van der Waals surface area contributed by atoms with Crippen LogP contribution in [0.2, 0.25) is 0 Å². The minimum absolute atomic E-state index is 0.0491. The molecule has 6 nitrogen and oxygen atoms in total. The molecule has 1 saturated carbocycles. The number of nitro benzene ring substituents is 1. The highest BCUT2D eigenvalue weighted by Crippen LogP contribution is 2.63. The molecule has 6 heteroatoms. The van der Waals surface area contributed by atoms with Crippen molar-refractivity contribution in [1.82, 2.24) is 0 Å². The third kappa shape index (κ3) is 2.24. The summed E-state index contributed by atoms with van der Waals surface area (Å²) >= 11 is 0. The predicted octanol–water partition coefficient (Wildman–Crippen LogP) is 3.45. The Bertz CT molecular complexity index is 621. The Kier molecular flexibility index (Phi) is 3.23. The van der Waals surface area contributed by atoms with E-state index in [9.17, 15) is 14.9 Å². The molecule has 0 heterocycles. The van der Waals surface area contributed by atoms with E-state index in [-0.39, 0.29) is 28.1 Å². The molecule has 21 heavy (non-hydrogen) atoms. The topological polar surface area (TPSA) is 92.5 Å². The molecule has 0 aliphatic heterocycles. The molecule has 1 aliphatic rings. The molecule has 0 atom stereocenters. The second kappa shape index (κ2) is 4.44. The van der Waals surface area contributed by atoms with Crippen LogP contribution < -0.4 is 5.32 Å². The highest BCUT2D eigenvalue weighted by Gasteiger charge is 2.65. The third-order valence-corrected chi connectivity index (χ3v) is 5.14. The van der Waals surface area contributed by atoms with E-state index in [0.29, 0.717) is 11.3 Å². The van der Waals surface area contributed by atoms with Crippen LogP contribution in [0.25, 0.3) is 0 Å². The number of nitrogens with one attached hydrogen (secondary N) is 1. The Morgan fingerprint density at radius 2 is 1.81 bits per heavy atom. The van der Waals surface area contributed by atoms with E-state index in [1.165, 1.54) is 6.07 Å². The Morgan fingerprint density at radius 1 is 1.29 bits per heavy atom. The Labute approximate surface area is 123 Å². The van der Waals surface area contributed by atoms with Crippen molar-refractivity contribution in [3.8, 4) is 0 Å². The monoisotopic (exact) mass is 292 g/mol. The first-order valence-electron chi connectivity index (χ1n) is 6.79. The number of carboxylic acids is 1. The normalized spacial score (nSPS) is 19.1. The molecular formula is C15H20N2O4. The van der Waals surface area contributed by atoms with Crippen molar-refractivity contribution in [3.05, 3.63) is 33.4 Å². The summed E-state index contributed by atoms with van der Waals surface area (Å²) < 4.78 is 0. The third-order valence-electron chi connectivity index (χ3n) is 5.14. The van der Waals surface area contributed by atoms with Crippen molar-refractivity contribution < 1.29 is 14.8 Å². The lowest BCUT2D eigenvalue weighted by Crippen LogP contribution is -2.13. The average molecular weight is 292 g/mol. The van der Waals surface area contributed by atoms with Gasteiger partial charge in [-0.15, -0.1) is 0 Å². The summed E-state index contributed by atoms with van der Waals surface area (Å²) in [5, 5.41) is 23.5. The van der Waals surface area contributed by atoms with Crippen LogP contribution in [0.3, 0.4) is 0 Å². The molecule has 0 aromatic heterocycles. The van der Waals surface area contributed by atoms with Gasteiger partial charge in [0.15, 0.2) is 0 Å². The number of rotatable bonds is 4. The van der Waals surface area contributed by atoms with Gasteiger partial charge in [-0.3, -0.25) is 10.1 Å². The van der Waals surface area contributed by atoms with Crippen LogP contribution in [0.4, 0.5) is 11.4 Å². The second-order valence-corrected chi connectivity index (χ2v) is 6.75. The predicted molar refractivity (Wildman–Crippen MR) is 79.8 cm³/mol. The van der Waals surface area contributed by atoms with E-state index < -0.39 is 10.9 Å². The van der Waals surface area contributed by atoms with Gasteiger partial charge in [0.05, 0.1) is 10.5 Å². The Balaban J connectivity index is 2.45. The van der Waals surface area contributed by atoms with Crippen LogP contribution in [0, 0.1) is 27.9 Å². The molecule has 0 amide bonds. The van der Waals surface area contributed by atoms with Gasteiger partial charge >= 0.3 is 5.97 Å². The first-order valence-corrected chi connectivity index (χ1v) is 6.79. The van der Waals surface area contributed by atoms with Crippen molar-refractivity contribution in [2.75, 3.05) is 5.32 Å². The molecule has 0 spiro atoms. The minimum Gasteiger partial charge on any atom is -0.478 e. The lowest BCUT2D eigenvalue weighted by molar-refractivity contribution is -0.385. The summed E-state index contributed by atoms with van der Waals surface area (Å²) in [4.78, 5) is 21.7. The van der Waals surface area contributed by atoms with Gasteiger partial charge in [0, 0.05) is 23.4 Å². The van der Waals surface area contributed by atoms with Crippen molar-refractivity contribution in [2.24, 2.45) is 10.8 Å². The first-order chi connectivity index (χ1) is 9.50. The van der Waals surface area contributed by atoms with E-state index >= 15 is 0 Å². The second-order valence-electron chi connectivity index (χ2n) is 6.75. The Hall–Kier alpha value is -2.11. The van der Waals surface area contributed by atoms with E-state index in [1.54, 1.807) is 6.92 Å². The first kappa shape index (κ1) is 15.3. The van der Waals surface area contributed by atoms with Gasteiger partial charge in [0.2, 0.25) is 0 Å². The van der Waals surface area contributed by atoms with E-state index in [1.807, 2.05) is 0 Å². The van der Waals surface area contributed by atoms with Gasteiger partial charge in [0.25, 0.3) is 5.69 Å². The van der Waals surface area contributed by atoms with Crippen molar-refractivity contribution in [3.63, 3.8) is 0 Å². The summed E-state index contributed by atoms with van der Waals surface area (Å²) in [6.45, 7) is 10.1. The molecule has 114 valence electrons. The maximum absolute atomic E-state index is 11.1. The number of hydrogen-bond acceptors (Lipinski definition) is 4. The summed E-state index contributed by atoms with van der Waals surface area (Å²) in [5.74, 6) is -1.17. The smallest absolute Gasteiger partial charge is 0.336 e. The van der Waals surface area contributed by atoms with Gasteiger partial charge in [-0.2, -0.15) is 0 Å². The maximum Gasteiger partial charge on any atom is 0.336 e. The fourth-order valence-electron chi connectivity index (χ4n) is 2.87. The summed E-state index contributed by atoms with van der Waals surface area (Å²) in [7, 11) is 0. The minimum atomic E-state index is -1.17. The molecule has 0 bridgehead atoms. The zero-order valence-corrected chi connectivity index (χ0v) is 12.9. The number of nitrogens with zero attached hydrogens (tertiary/aromatic N) is 1. The van der Waals surface area contributed by atoms with Crippen LogP contribution in [0.1, 0.15) is 43.6 Å². The molecule has 1 aliphatic carbocycles. The van der Waals surface area contributed by atoms with Crippen molar-refractivity contribution >= 4 is 17.3 Å². The number of nitro groups is 1. The maximum atomic E-state index is 11.1. The average Bonchev–Trinajstić information content (AvgIpc) is 2.73.